The van der Waals surface area contributed by atoms with Crippen LogP contribution in [0.1, 0.15) is 38.1 Å². The van der Waals surface area contributed by atoms with E-state index < -0.39 is 10.5 Å². The molecule has 0 fully saturated rings. The van der Waals surface area contributed by atoms with Crippen LogP contribution in [0.15, 0.2) is 33.9 Å². The number of hydrogen-bond donors (Lipinski definition) is 1. The van der Waals surface area contributed by atoms with Gasteiger partial charge in [-0.1, -0.05) is 32.1 Å². The monoisotopic (exact) mass is 383 g/mol. The average molecular weight is 383 g/mol. The molecule has 2 heterocycles. The van der Waals surface area contributed by atoms with Crippen molar-refractivity contribution in [2.75, 3.05) is 0 Å². The number of nitro benzene ring substituents is 1. The first-order chi connectivity index (χ1) is 13.5. The number of aromatic nitrogens is 4. The summed E-state index contributed by atoms with van der Waals surface area (Å²) in [5.74, 6) is 0.400. The first-order valence-corrected chi connectivity index (χ1v) is 9.12. The molecule has 0 aliphatic rings. The molecular weight excluding hydrogens is 362 g/mol. The van der Waals surface area contributed by atoms with E-state index >= 15 is 0 Å². The lowest BCUT2D eigenvalue weighted by atomic mass is 10.2. The van der Waals surface area contributed by atoms with Crippen LogP contribution in [0.5, 0.6) is 0 Å². The van der Waals surface area contributed by atoms with E-state index in [1.807, 2.05) is 13.8 Å². The Kier molecular flexibility index (Phi) is 5.53. The molecule has 28 heavy (non-hydrogen) atoms. The summed E-state index contributed by atoms with van der Waals surface area (Å²) in [6, 6.07) is 6.19. The molecule has 0 aliphatic heterocycles. The normalized spacial score (nSPS) is 11.5. The predicted octanol–water partition coefficient (Wildman–Crippen LogP) is 2.78. The zero-order valence-electron chi connectivity index (χ0n) is 15.7. The smallest absolute Gasteiger partial charge is 0.332 e. The number of fused-ring (bicyclic) bond motifs is 1. The molecule has 9 heteroatoms. The fourth-order valence-corrected chi connectivity index (χ4v) is 3.03. The molecule has 146 valence electrons. The van der Waals surface area contributed by atoms with Crippen molar-refractivity contribution in [3.8, 4) is 0 Å². The highest BCUT2D eigenvalue weighted by Crippen LogP contribution is 2.16. The number of nitrogens with one attached hydrogen (secondary N) is 1. The molecule has 0 aliphatic carbocycles. The minimum absolute atomic E-state index is 0.00834. The van der Waals surface area contributed by atoms with Crippen LogP contribution in [-0.4, -0.2) is 24.0 Å². The minimum atomic E-state index is -0.460. The van der Waals surface area contributed by atoms with E-state index in [1.165, 1.54) is 21.3 Å². The quantitative estimate of drug-likeness (QED) is 0.497. The molecule has 3 aromatic rings. The molecule has 0 radical (unpaired) electrons. The summed E-state index contributed by atoms with van der Waals surface area (Å²) in [5, 5.41) is 10.9. The molecule has 9 nitrogen and oxygen atoms in total. The third kappa shape index (κ3) is 3.64. The summed E-state index contributed by atoms with van der Waals surface area (Å²) in [6.07, 6.45) is 4.69. The summed E-state index contributed by atoms with van der Waals surface area (Å²) in [5.41, 5.74) is 0.469. The lowest BCUT2D eigenvalue weighted by molar-refractivity contribution is -0.384. The van der Waals surface area contributed by atoms with Crippen LogP contribution < -0.4 is 11.2 Å². The van der Waals surface area contributed by atoms with Gasteiger partial charge in [0.2, 0.25) is 0 Å². The third-order valence-corrected chi connectivity index (χ3v) is 4.29. The van der Waals surface area contributed by atoms with Crippen LogP contribution >= 0.6 is 0 Å². The molecule has 0 saturated carbocycles. The van der Waals surface area contributed by atoms with Crippen molar-refractivity contribution in [3.63, 3.8) is 0 Å². The topological polar surface area (TPSA) is 116 Å². The third-order valence-electron chi connectivity index (χ3n) is 4.29. The second kappa shape index (κ2) is 8.03. The van der Waals surface area contributed by atoms with Gasteiger partial charge in [0.05, 0.1) is 4.92 Å². The van der Waals surface area contributed by atoms with Gasteiger partial charge in [0.25, 0.3) is 11.2 Å². The van der Waals surface area contributed by atoms with Crippen LogP contribution in [0.25, 0.3) is 23.3 Å². The van der Waals surface area contributed by atoms with Gasteiger partial charge < -0.3 is 4.98 Å². The van der Waals surface area contributed by atoms with E-state index in [-0.39, 0.29) is 16.9 Å². The minimum Gasteiger partial charge on any atom is -0.333 e. The van der Waals surface area contributed by atoms with Crippen molar-refractivity contribution in [1.29, 1.82) is 0 Å². The number of non-ortho nitro benzene ring substituents is 1. The van der Waals surface area contributed by atoms with Gasteiger partial charge >= 0.3 is 5.69 Å². The van der Waals surface area contributed by atoms with Crippen molar-refractivity contribution < 1.29 is 4.92 Å². The Morgan fingerprint density at radius 1 is 1.14 bits per heavy atom. The van der Waals surface area contributed by atoms with E-state index in [2.05, 4.69) is 9.97 Å². The van der Waals surface area contributed by atoms with Crippen LogP contribution in [0.2, 0.25) is 0 Å². The second-order valence-corrected chi connectivity index (χ2v) is 6.40. The van der Waals surface area contributed by atoms with Gasteiger partial charge in [0, 0.05) is 25.2 Å². The number of nitrogens with zero attached hydrogens (tertiary/aromatic N) is 4. The molecule has 0 amide bonds. The molecule has 1 aromatic carbocycles. The van der Waals surface area contributed by atoms with Gasteiger partial charge in [-0.25, -0.2) is 9.78 Å². The number of nitro groups is 1. The summed E-state index contributed by atoms with van der Waals surface area (Å²) in [4.78, 5) is 43.1. The Morgan fingerprint density at radius 2 is 1.86 bits per heavy atom. The van der Waals surface area contributed by atoms with Gasteiger partial charge in [-0.05, 0) is 24.5 Å². The molecule has 0 spiro atoms. The Hall–Kier alpha value is -3.49. The van der Waals surface area contributed by atoms with Crippen molar-refractivity contribution in [2.24, 2.45) is 0 Å². The van der Waals surface area contributed by atoms with Crippen molar-refractivity contribution >= 4 is 29.0 Å². The SMILES string of the molecule is CCCn1c(=O)c2[nH]c(C=Cc3cccc([N+](=O)[O-])c3)nc2n(CCC)c1=O. The number of aromatic amines is 1. The van der Waals surface area contributed by atoms with E-state index in [4.69, 9.17) is 0 Å². The molecular formula is C19H21N5O4. The average Bonchev–Trinajstić information content (AvgIpc) is 3.11. The Morgan fingerprint density at radius 3 is 2.54 bits per heavy atom. The van der Waals surface area contributed by atoms with Crippen LogP contribution in [0.4, 0.5) is 5.69 Å². The zero-order valence-corrected chi connectivity index (χ0v) is 15.7. The second-order valence-electron chi connectivity index (χ2n) is 6.40. The van der Waals surface area contributed by atoms with Crippen LogP contribution in [0, 0.1) is 10.1 Å². The summed E-state index contributed by atoms with van der Waals surface area (Å²) >= 11 is 0. The van der Waals surface area contributed by atoms with Gasteiger partial charge in [-0.3, -0.25) is 24.0 Å². The molecule has 3 rings (SSSR count). The lowest BCUT2D eigenvalue weighted by Gasteiger charge is -2.09. The van der Waals surface area contributed by atoms with E-state index in [1.54, 1.807) is 24.3 Å². The van der Waals surface area contributed by atoms with Crippen molar-refractivity contribution in [3.05, 3.63) is 66.6 Å². The number of rotatable bonds is 7. The molecule has 0 saturated heterocycles. The summed E-state index contributed by atoms with van der Waals surface area (Å²) in [7, 11) is 0. The number of benzene rings is 1. The van der Waals surface area contributed by atoms with E-state index in [9.17, 15) is 19.7 Å². The fourth-order valence-electron chi connectivity index (χ4n) is 3.03. The molecule has 0 bridgehead atoms. The highest BCUT2D eigenvalue weighted by molar-refractivity contribution is 5.75. The number of imidazole rings is 1. The maximum atomic E-state index is 12.7. The van der Waals surface area contributed by atoms with Gasteiger partial charge in [0.15, 0.2) is 5.65 Å². The largest absolute Gasteiger partial charge is 0.333 e. The highest BCUT2D eigenvalue weighted by Gasteiger charge is 2.16. The Bertz CT molecular complexity index is 1170. The van der Waals surface area contributed by atoms with Crippen LogP contribution in [-0.2, 0) is 13.1 Å². The summed E-state index contributed by atoms with van der Waals surface area (Å²) < 4.78 is 2.73. The number of hydrogen-bond acceptors (Lipinski definition) is 5. The molecule has 1 N–H and O–H groups in total. The first kappa shape index (κ1) is 19.3. The number of aryl methyl sites for hydroxylation is 1. The van der Waals surface area contributed by atoms with Gasteiger partial charge in [-0.2, -0.15) is 0 Å². The van der Waals surface area contributed by atoms with Gasteiger partial charge in [-0.15, -0.1) is 0 Å². The maximum Gasteiger partial charge on any atom is 0.332 e. The maximum absolute atomic E-state index is 12.7. The summed E-state index contributed by atoms with van der Waals surface area (Å²) in [6.45, 7) is 4.65. The molecule has 2 aromatic heterocycles. The van der Waals surface area contributed by atoms with Crippen molar-refractivity contribution in [1.82, 2.24) is 19.1 Å². The first-order valence-electron chi connectivity index (χ1n) is 9.12. The Balaban J connectivity index is 2.09. The van der Waals surface area contributed by atoms with E-state index in [0.29, 0.717) is 36.5 Å². The van der Waals surface area contributed by atoms with Crippen molar-refractivity contribution in [2.45, 2.75) is 39.8 Å². The Labute approximate surface area is 160 Å². The number of H-pyrrole nitrogens is 1. The highest BCUT2D eigenvalue weighted by atomic mass is 16.6. The van der Waals surface area contributed by atoms with E-state index in [0.717, 1.165) is 6.42 Å². The lowest BCUT2D eigenvalue weighted by Crippen LogP contribution is -2.40. The predicted molar refractivity (Wildman–Crippen MR) is 107 cm³/mol. The fraction of sp³-hybridized carbons (Fsp3) is 0.316. The zero-order chi connectivity index (χ0) is 20.3. The standard InChI is InChI=1S/C19H21N5O4/c1-3-10-22-17-16(18(25)23(11-4-2)19(22)26)20-15(21-17)9-8-13-6-5-7-14(12-13)24(27)28/h5-9,12H,3-4,10-11H2,1-2H3,(H,20,21). The molecule has 0 atom stereocenters. The van der Waals surface area contributed by atoms with Gasteiger partial charge in [0.1, 0.15) is 11.3 Å². The molecule has 0 unspecified atom stereocenters. The van der Waals surface area contributed by atoms with Crippen LogP contribution in [0.3, 0.4) is 0 Å².